The van der Waals surface area contributed by atoms with E-state index in [4.69, 9.17) is 0 Å². The van der Waals surface area contributed by atoms with Gasteiger partial charge in [-0.25, -0.2) is 18.3 Å². The Labute approximate surface area is 146 Å². The molecule has 0 aliphatic carbocycles. The van der Waals surface area contributed by atoms with Gasteiger partial charge in [-0.05, 0) is 24.3 Å². The van der Waals surface area contributed by atoms with Crippen LogP contribution in [0.2, 0.25) is 0 Å². The number of carbonyl (C=O) groups excluding carboxylic acids is 1. The first-order chi connectivity index (χ1) is 12.5. The molecule has 0 aliphatic heterocycles. The molecule has 1 N–H and O–H groups in total. The Balaban J connectivity index is 1.69. The summed E-state index contributed by atoms with van der Waals surface area (Å²) in [6, 6.07) is 6.21. The van der Waals surface area contributed by atoms with Crippen molar-refractivity contribution < 1.29 is 13.6 Å². The quantitative estimate of drug-likeness (QED) is 0.746. The molecule has 134 valence electrons. The molecular formula is C17H15F2N5O2. The summed E-state index contributed by atoms with van der Waals surface area (Å²) in [5.74, 6) is -1.96. The molecule has 3 rings (SSSR count). The zero-order chi connectivity index (χ0) is 18.7. The second kappa shape index (κ2) is 7.26. The largest absolute Gasteiger partial charge is 0.350 e. The lowest BCUT2D eigenvalue weighted by Gasteiger charge is -2.05. The lowest BCUT2D eigenvalue weighted by Crippen LogP contribution is -2.32. The Morgan fingerprint density at radius 3 is 2.77 bits per heavy atom. The van der Waals surface area contributed by atoms with E-state index in [1.807, 2.05) is 0 Å². The Hall–Kier alpha value is -3.36. The SMILES string of the molecule is Cn1c(-c2cccnc2)nn(CCNC(=O)c2ccc(F)cc2F)c1=O. The van der Waals surface area contributed by atoms with Gasteiger partial charge in [0.05, 0.1) is 12.1 Å². The van der Waals surface area contributed by atoms with Crippen molar-refractivity contribution in [1.29, 1.82) is 0 Å². The molecule has 0 aliphatic rings. The summed E-state index contributed by atoms with van der Waals surface area (Å²) in [4.78, 5) is 28.2. The smallest absolute Gasteiger partial charge is 0.345 e. The van der Waals surface area contributed by atoms with Gasteiger partial charge in [-0.1, -0.05) is 0 Å². The summed E-state index contributed by atoms with van der Waals surface area (Å²) in [5.41, 5.74) is 0.0603. The first kappa shape index (κ1) is 17.5. The normalized spacial score (nSPS) is 10.7. The minimum atomic E-state index is -0.948. The van der Waals surface area contributed by atoms with Crippen LogP contribution in [0.4, 0.5) is 8.78 Å². The van der Waals surface area contributed by atoms with E-state index in [1.54, 1.807) is 31.6 Å². The fourth-order valence-electron chi connectivity index (χ4n) is 2.42. The van der Waals surface area contributed by atoms with E-state index in [9.17, 15) is 18.4 Å². The molecule has 26 heavy (non-hydrogen) atoms. The molecule has 1 aromatic carbocycles. The molecule has 7 nitrogen and oxygen atoms in total. The Morgan fingerprint density at radius 1 is 1.27 bits per heavy atom. The number of hydrogen-bond donors (Lipinski definition) is 1. The highest BCUT2D eigenvalue weighted by Crippen LogP contribution is 2.12. The van der Waals surface area contributed by atoms with Crippen LogP contribution in [0.5, 0.6) is 0 Å². The van der Waals surface area contributed by atoms with Crippen molar-refractivity contribution in [2.45, 2.75) is 6.54 Å². The van der Waals surface area contributed by atoms with E-state index in [0.29, 0.717) is 17.5 Å². The predicted molar refractivity (Wildman–Crippen MR) is 89.4 cm³/mol. The third kappa shape index (κ3) is 3.51. The lowest BCUT2D eigenvalue weighted by molar-refractivity contribution is 0.0947. The number of amides is 1. The second-order valence-electron chi connectivity index (χ2n) is 5.51. The number of carbonyl (C=O) groups is 1. The van der Waals surface area contributed by atoms with E-state index in [1.165, 1.54) is 9.25 Å². The highest BCUT2D eigenvalue weighted by atomic mass is 19.1. The average Bonchev–Trinajstić information content (AvgIpc) is 2.91. The highest BCUT2D eigenvalue weighted by Gasteiger charge is 2.14. The predicted octanol–water partition coefficient (Wildman–Crippen LogP) is 1.35. The summed E-state index contributed by atoms with van der Waals surface area (Å²) < 4.78 is 29.0. The van der Waals surface area contributed by atoms with E-state index in [-0.39, 0.29) is 24.3 Å². The molecule has 2 heterocycles. The van der Waals surface area contributed by atoms with E-state index in [0.717, 1.165) is 12.1 Å². The number of benzene rings is 1. The third-order valence-electron chi connectivity index (χ3n) is 3.75. The van der Waals surface area contributed by atoms with Gasteiger partial charge < -0.3 is 5.32 Å². The summed E-state index contributed by atoms with van der Waals surface area (Å²) in [6.45, 7) is 0.153. The van der Waals surface area contributed by atoms with Crippen molar-refractivity contribution in [1.82, 2.24) is 24.6 Å². The van der Waals surface area contributed by atoms with Crippen molar-refractivity contribution in [3.63, 3.8) is 0 Å². The van der Waals surface area contributed by atoms with Crippen molar-refractivity contribution in [3.8, 4) is 11.4 Å². The van der Waals surface area contributed by atoms with Crippen LogP contribution >= 0.6 is 0 Å². The van der Waals surface area contributed by atoms with Gasteiger partial charge >= 0.3 is 5.69 Å². The van der Waals surface area contributed by atoms with Crippen LogP contribution in [0.1, 0.15) is 10.4 Å². The van der Waals surface area contributed by atoms with Crippen LogP contribution in [-0.4, -0.2) is 31.8 Å². The van der Waals surface area contributed by atoms with Crippen molar-refractivity contribution in [2.24, 2.45) is 7.05 Å². The molecule has 2 aromatic heterocycles. The fourth-order valence-corrected chi connectivity index (χ4v) is 2.42. The van der Waals surface area contributed by atoms with Crippen LogP contribution in [0.25, 0.3) is 11.4 Å². The minimum absolute atomic E-state index is 0.0546. The second-order valence-corrected chi connectivity index (χ2v) is 5.51. The first-order valence-corrected chi connectivity index (χ1v) is 7.75. The molecule has 3 aromatic rings. The van der Waals surface area contributed by atoms with Crippen molar-refractivity contribution >= 4 is 5.91 Å². The average molecular weight is 359 g/mol. The van der Waals surface area contributed by atoms with Crippen LogP contribution in [0.15, 0.2) is 47.5 Å². The molecule has 0 saturated heterocycles. The fraction of sp³-hybridized carbons (Fsp3) is 0.176. The summed E-state index contributed by atoms with van der Waals surface area (Å²) in [7, 11) is 1.58. The number of pyridine rings is 1. The molecule has 0 radical (unpaired) electrons. The van der Waals surface area contributed by atoms with E-state index in [2.05, 4.69) is 15.4 Å². The molecule has 0 bridgehead atoms. The maximum atomic E-state index is 13.6. The van der Waals surface area contributed by atoms with Gasteiger partial charge in [0.15, 0.2) is 5.82 Å². The summed E-state index contributed by atoms with van der Waals surface area (Å²) in [5, 5.41) is 6.71. The zero-order valence-corrected chi connectivity index (χ0v) is 13.8. The van der Waals surface area contributed by atoms with Gasteiger partial charge in [-0.15, -0.1) is 5.10 Å². The Morgan fingerprint density at radius 2 is 2.08 bits per heavy atom. The topological polar surface area (TPSA) is 81.8 Å². The van der Waals surface area contributed by atoms with Crippen molar-refractivity contribution in [2.75, 3.05) is 6.54 Å². The van der Waals surface area contributed by atoms with E-state index < -0.39 is 17.5 Å². The maximum absolute atomic E-state index is 13.6. The zero-order valence-electron chi connectivity index (χ0n) is 13.8. The first-order valence-electron chi connectivity index (χ1n) is 7.75. The van der Waals surface area contributed by atoms with Gasteiger partial charge in [0.25, 0.3) is 5.91 Å². The molecule has 0 spiro atoms. The maximum Gasteiger partial charge on any atom is 0.345 e. The third-order valence-corrected chi connectivity index (χ3v) is 3.75. The Kier molecular flexibility index (Phi) is 4.87. The standard InChI is InChI=1S/C17H15F2N5O2/c1-23-15(11-3-2-6-20-10-11)22-24(17(23)26)8-7-21-16(25)13-5-4-12(18)9-14(13)19/h2-6,9-10H,7-8H2,1H3,(H,21,25). The molecule has 0 unspecified atom stereocenters. The van der Waals surface area contributed by atoms with Crippen LogP contribution in [0, 0.1) is 11.6 Å². The molecule has 0 fully saturated rings. The van der Waals surface area contributed by atoms with Gasteiger partial charge in [0.1, 0.15) is 11.6 Å². The van der Waals surface area contributed by atoms with Crippen LogP contribution in [0.3, 0.4) is 0 Å². The molecular weight excluding hydrogens is 344 g/mol. The van der Waals surface area contributed by atoms with Crippen molar-refractivity contribution in [3.05, 3.63) is 70.4 Å². The molecule has 0 atom stereocenters. The monoisotopic (exact) mass is 359 g/mol. The Bertz CT molecular complexity index is 998. The molecule has 1 amide bonds. The number of nitrogens with one attached hydrogen (secondary N) is 1. The van der Waals surface area contributed by atoms with Gasteiger partial charge in [0, 0.05) is 37.6 Å². The van der Waals surface area contributed by atoms with E-state index >= 15 is 0 Å². The van der Waals surface area contributed by atoms with Gasteiger partial charge in [-0.2, -0.15) is 0 Å². The summed E-state index contributed by atoms with van der Waals surface area (Å²) in [6.07, 6.45) is 3.20. The number of hydrogen-bond acceptors (Lipinski definition) is 4. The number of halogens is 2. The summed E-state index contributed by atoms with van der Waals surface area (Å²) >= 11 is 0. The van der Waals surface area contributed by atoms with Gasteiger partial charge in [0.2, 0.25) is 0 Å². The number of rotatable bonds is 5. The number of nitrogens with zero attached hydrogens (tertiary/aromatic N) is 4. The van der Waals surface area contributed by atoms with Crippen LogP contribution in [-0.2, 0) is 13.6 Å². The molecule has 9 heteroatoms. The van der Waals surface area contributed by atoms with Crippen LogP contribution < -0.4 is 11.0 Å². The minimum Gasteiger partial charge on any atom is -0.350 e. The number of aromatic nitrogens is 4. The molecule has 0 saturated carbocycles. The lowest BCUT2D eigenvalue weighted by atomic mass is 10.2. The highest BCUT2D eigenvalue weighted by molar-refractivity contribution is 5.94. The van der Waals surface area contributed by atoms with Gasteiger partial charge in [-0.3, -0.25) is 14.3 Å².